The Hall–Kier alpha value is -1.61. The van der Waals surface area contributed by atoms with Crippen molar-refractivity contribution in [3.05, 3.63) is 64.7 Å². The number of amides is 1. The second kappa shape index (κ2) is 11.1. The van der Waals surface area contributed by atoms with Gasteiger partial charge >= 0.3 is 0 Å². The van der Waals surface area contributed by atoms with Crippen LogP contribution in [-0.4, -0.2) is 24.0 Å². The molecule has 2 aromatic carbocycles. The molecule has 0 bridgehead atoms. The molecular formula is C19H19ClN2OS2. The summed E-state index contributed by atoms with van der Waals surface area (Å²) in [7, 11) is 0. The Morgan fingerprint density at radius 1 is 1.12 bits per heavy atom. The third kappa shape index (κ3) is 7.43. The summed E-state index contributed by atoms with van der Waals surface area (Å²) in [6.07, 6.45) is 0.495. The third-order valence-electron chi connectivity index (χ3n) is 3.38. The van der Waals surface area contributed by atoms with E-state index in [1.807, 2.05) is 48.5 Å². The van der Waals surface area contributed by atoms with E-state index in [9.17, 15) is 4.79 Å². The third-order valence-corrected chi connectivity index (χ3v) is 5.65. The molecular weight excluding hydrogens is 372 g/mol. The van der Waals surface area contributed by atoms with Crippen molar-refractivity contribution in [1.29, 1.82) is 5.26 Å². The summed E-state index contributed by atoms with van der Waals surface area (Å²) in [6.45, 7) is 0.643. The SMILES string of the molecule is N#Cc1ccccc1CSCCNC(=O)CCSc1ccc(Cl)cc1. The van der Waals surface area contributed by atoms with Gasteiger partial charge in [-0.15, -0.1) is 11.8 Å². The molecule has 0 saturated carbocycles. The van der Waals surface area contributed by atoms with Crippen LogP contribution in [0, 0.1) is 11.3 Å². The second-order valence-corrected chi connectivity index (χ2v) is 7.93. The van der Waals surface area contributed by atoms with Gasteiger partial charge in [0.1, 0.15) is 0 Å². The summed E-state index contributed by atoms with van der Waals surface area (Å²) in [5, 5.41) is 12.7. The minimum atomic E-state index is 0.0690. The van der Waals surface area contributed by atoms with E-state index in [-0.39, 0.29) is 5.91 Å². The quantitative estimate of drug-likeness (QED) is 0.496. The van der Waals surface area contributed by atoms with Gasteiger partial charge in [0.25, 0.3) is 0 Å². The van der Waals surface area contributed by atoms with Gasteiger partial charge in [0, 0.05) is 40.1 Å². The molecule has 3 nitrogen and oxygen atoms in total. The number of carbonyl (C=O) groups is 1. The smallest absolute Gasteiger partial charge is 0.220 e. The maximum absolute atomic E-state index is 11.8. The fourth-order valence-electron chi connectivity index (χ4n) is 2.08. The lowest BCUT2D eigenvalue weighted by Gasteiger charge is -2.06. The van der Waals surface area contributed by atoms with Crippen LogP contribution in [0.2, 0.25) is 5.02 Å². The average Bonchev–Trinajstić information content (AvgIpc) is 2.63. The Kier molecular flexibility index (Phi) is 8.75. The molecule has 6 heteroatoms. The van der Waals surface area contributed by atoms with Gasteiger partial charge in [-0.05, 0) is 35.9 Å². The van der Waals surface area contributed by atoms with Crippen molar-refractivity contribution in [2.45, 2.75) is 17.1 Å². The van der Waals surface area contributed by atoms with E-state index >= 15 is 0 Å². The van der Waals surface area contributed by atoms with E-state index in [4.69, 9.17) is 16.9 Å². The molecule has 0 atom stereocenters. The van der Waals surface area contributed by atoms with Crippen molar-refractivity contribution in [2.75, 3.05) is 18.1 Å². The van der Waals surface area contributed by atoms with Crippen molar-refractivity contribution in [1.82, 2.24) is 5.32 Å². The Balaban J connectivity index is 1.56. The number of hydrogen-bond donors (Lipinski definition) is 1. The number of halogens is 1. The van der Waals surface area contributed by atoms with E-state index in [0.29, 0.717) is 13.0 Å². The first-order chi connectivity index (χ1) is 12.2. The van der Waals surface area contributed by atoms with Crippen LogP contribution in [0.3, 0.4) is 0 Å². The fourth-order valence-corrected chi connectivity index (χ4v) is 3.92. The Labute approximate surface area is 162 Å². The zero-order valence-electron chi connectivity index (χ0n) is 13.7. The number of thioether (sulfide) groups is 2. The van der Waals surface area contributed by atoms with Gasteiger partial charge in [-0.25, -0.2) is 0 Å². The molecule has 0 radical (unpaired) electrons. The van der Waals surface area contributed by atoms with Crippen LogP contribution in [-0.2, 0) is 10.5 Å². The topological polar surface area (TPSA) is 52.9 Å². The van der Waals surface area contributed by atoms with E-state index < -0.39 is 0 Å². The standard InChI is InChI=1S/C19H19ClN2OS2/c20-17-5-7-18(8-6-17)25-11-9-19(23)22-10-12-24-14-16-4-2-1-3-15(16)13-21/h1-8H,9-12,14H2,(H,22,23). The van der Waals surface area contributed by atoms with Crippen LogP contribution in [0.5, 0.6) is 0 Å². The molecule has 0 aliphatic heterocycles. The highest BCUT2D eigenvalue weighted by atomic mass is 35.5. The van der Waals surface area contributed by atoms with Crippen LogP contribution in [0.15, 0.2) is 53.4 Å². The maximum atomic E-state index is 11.8. The Bertz CT molecular complexity index is 729. The Morgan fingerprint density at radius 2 is 1.88 bits per heavy atom. The summed E-state index contributed by atoms with van der Waals surface area (Å²) in [6, 6.07) is 17.4. The molecule has 0 saturated heterocycles. The van der Waals surface area contributed by atoms with Crippen molar-refractivity contribution < 1.29 is 4.79 Å². The zero-order chi connectivity index (χ0) is 17.9. The van der Waals surface area contributed by atoms with E-state index in [0.717, 1.165) is 38.3 Å². The molecule has 0 aliphatic carbocycles. The molecule has 0 heterocycles. The number of nitrogens with one attached hydrogen (secondary N) is 1. The van der Waals surface area contributed by atoms with Gasteiger partial charge in [-0.2, -0.15) is 17.0 Å². The fraction of sp³-hybridized carbons (Fsp3) is 0.263. The number of hydrogen-bond acceptors (Lipinski definition) is 4. The number of nitrogens with zero attached hydrogens (tertiary/aromatic N) is 1. The van der Waals surface area contributed by atoms with Gasteiger partial charge in [-0.1, -0.05) is 29.8 Å². The predicted molar refractivity (Wildman–Crippen MR) is 107 cm³/mol. The highest BCUT2D eigenvalue weighted by Crippen LogP contribution is 2.20. The molecule has 130 valence electrons. The van der Waals surface area contributed by atoms with Crippen molar-refractivity contribution in [3.63, 3.8) is 0 Å². The summed E-state index contributed by atoms with van der Waals surface area (Å²) in [4.78, 5) is 12.9. The number of nitriles is 1. The normalized spacial score (nSPS) is 10.2. The van der Waals surface area contributed by atoms with Gasteiger partial charge in [0.2, 0.25) is 5.91 Å². The van der Waals surface area contributed by atoms with Crippen LogP contribution in [0.4, 0.5) is 0 Å². The first-order valence-corrected chi connectivity index (χ1v) is 10.4. The second-order valence-electron chi connectivity index (χ2n) is 5.22. The molecule has 0 spiro atoms. The Morgan fingerprint density at radius 3 is 2.64 bits per heavy atom. The largest absolute Gasteiger partial charge is 0.355 e. The van der Waals surface area contributed by atoms with E-state index in [2.05, 4.69) is 11.4 Å². The van der Waals surface area contributed by atoms with Crippen LogP contribution in [0.25, 0.3) is 0 Å². The first kappa shape index (κ1) is 19.7. The lowest BCUT2D eigenvalue weighted by atomic mass is 10.1. The van der Waals surface area contributed by atoms with Gasteiger partial charge in [0.15, 0.2) is 0 Å². The lowest BCUT2D eigenvalue weighted by Crippen LogP contribution is -2.25. The molecule has 25 heavy (non-hydrogen) atoms. The highest BCUT2D eigenvalue weighted by molar-refractivity contribution is 7.99. The molecule has 1 amide bonds. The average molecular weight is 391 g/mol. The van der Waals surface area contributed by atoms with E-state index in [1.54, 1.807) is 23.5 Å². The molecule has 2 aromatic rings. The highest BCUT2D eigenvalue weighted by Gasteiger charge is 2.03. The van der Waals surface area contributed by atoms with Crippen molar-refractivity contribution >= 4 is 41.0 Å². The molecule has 0 unspecified atom stereocenters. The van der Waals surface area contributed by atoms with Crippen LogP contribution < -0.4 is 5.32 Å². The molecule has 0 fully saturated rings. The zero-order valence-corrected chi connectivity index (χ0v) is 16.1. The molecule has 0 aromatic heterocycles. The van der Waals surface area contributed by atoms with Gasteiger partial charge in [0.05, 0.1) is 11.6 Å². The summed E-state index contributed by atoms with van der Waals surface area (Å²) >= 11 is 9.21. The van der Waals surface area contributed by atoms with Crippen molar-refractivity contribution in [2.24, 2.45) is 0 Å². The molecule has 0 aliphatic rings. The number of carbonyl (C=O) groups excluding carboxylic acids is 1. The minimum Gasteiger partial charge on any atom is -0.355 e. The van der Waals surface area contributed by atoms with Crippen LogP contribution in [0.1, 0.15) is 17.5 Å². The summed E-state index contributed by atoms with van der Waals surface area (Å²) < 4.78 is 0. The van der Waals surface area contributed by atoms with Crippen molar-refractivity contribution in [3.8, 4) is 6.07 Å². The van der Waals surface area contributed by atoms with Crippen LogP contribution >= 0.6 is 35.1 Å². The maximum Gasteiger partial charge on any atom is 0.220 e. The monoisotopic (exact) mass is 390 g/mol. The molecule has 1 N–H and O–H groups in total. The predicted octanol–water partition coefficient (Wildman–Crippen LogP) is 4.74. The van der Waals surface area contributed by atoms with Gasteiger partial charge in [-0.3, -0.25) is 4.79 Å². The summed E-state index contributed by atoms with van der Waals surface area (Å²) in [5.74, 6) is 2.43. The summed E-state index contributed by atoms with van der Waals surface area (Å²) in [5.41, 5.74) is 1.76. The lowest BCUT2D eigenvalue weighted by molar-refractivity contribution is -0.120. The number of benzene rings is 2. The minimum absolute atomic E-state index is 0.0690. The number of rotatable bonds is 9. The molecule has 2 rings (SSSR count). The first-order valence-electron chi connectivity index (χ1n) is 7.90. The van der Waals surface area contributed by atoms with Gasteiger partial charge < -0.3 is 5.32 Å². The van der Waals surface area contributed by atoms with E-state index in [1.165, 1.54) is 0 Å².